The van der Waals surface area contributed by atoms with Gasteiger partial charge in [0.05, 0.1) is 11.6 Å². The summed E-state index contributed by atoms with van der Waals surface area (Å²) in [6, 6.07) is 3.00. The van der Waals surface area contributed by atoms with Gasteiger partial charge >= 0.3 is 0 Å². The quantitative estimate of drug-likeness (QED) is 0.333. The zero-order valence-corrected chi connectivity index (χ0v) is 19.2. The van der Waals surface area contributed by atoms with Crippen LogP contribution < -0.4 is 15.4 Å². The van der Waals surface area contributed by atoms with Gasteiger partial charge in [0.25, 0.3) is 0 Å². The zero-order chi connectivity index (χ0) is 19.1. The van der Waals surface area contributed by atoms with Crippen LogP contribution in [0.1, 0.15) is 27.9 Å². The summed E-state index contributed by atoms with van der Waals surface area (Å²) in [5, 5.41) is 7.63. The number of hydrogen-bond acceptors (Lipinski definition) is 5. The lowest BCUT2D eigenvalue weighted by Gasteiger charge is -2.21. The van der Waals surface area contributed by atoms with Gasteiger partial charge in [-0.25, -0.2) is 9.37 Å². The summed E-state index contributed by atoms with van der Waals surface area (Å²) < 4.78 is 24.6. The van der Waals surface area contributed by atoms with Crippen LogP contribution in [0.2, 0.25) is 0 Å². The Labute approximate surface area is 186 Å². The third-order valence-corrected chi connectivity index (χ3v) is 5.02. The molecule has 1 aromatic carbocycles. The maximum absolute atomic E-state index is 13.8. The molecule has 1 aliphatic heterocycles. The van der Waals surface area contributed by atoms with E-state index in [1.54, 1.807) is 11.3 Å². The molecule has 0 fully saturated rings. The Kier molecular flexibility index (Phi) is 9.39. The summed E-state index contributed by atoms with van der Waals surface area (Å²) in [5.74, 6) is 1.22. The number of fused-ring (bicyclic) bond motifs is 1. The molecule has 2 N–H and O–H groups in total. The first-order valence-corrected chi connectivity index (χ1v) is 9.92. The van der Waals surface area contributed by atoms with Gasteiger partial charge in [-0.1, -0.05) is 0 Å². The molecule has 0 spiro atoms. The van der Waals surface area contributed by atoms with Gasteiger partial charge in [-0.15, -0.1) is 35.3 Å². The van der Waals surface area contributed by atoms with Gasteiger partial charge in [0, 0.05) is 42.7 Å². The first kappa shape index (κ1) is 22.8. The predicted octanol–water partition coefficient (Wildman–Crippen LogP) is 3.42. The summed E-state index contributed by atoms with van der Waals surface area (Å²) in [4.78, 5) is 10.2. The number of aliphatic imine (C=N–C) groups is 1. The Balaban J connectivity index is 0.00000280. The van der Waals surface area contributed by atoms with Crippen molar-refractivity contribution in [1.82, 2.24) is 15.6 Å². The number of ether oxygens (including phenoxy) is 2. The van der Waals surface area contributed by atoms with Gasteiger partial charge in [0.15, 0.2) is 12.8 Å². The van der Waals surface area contributed by atoms with E-state index in [-0.39, 0.29) is 36.6 Å². The van der Waals surface area contributed by atoms with E-state index in [4.69, 9.17) is 9.47 Å². The normalized spacial score (nSPS) is 13.3. The molecule has 154 valence electrons. The Bertz CT molecular complexity index is 800. The summed E-state index contributed by atoms with van der Waals surface area (Å²) in [6.45, 7) is 6.74. The molecule has 9 heteroatoms. The molecule has 1 aromatic heterocycles. The number of rotatable bonds is 7. The molecule has 0 saturated heterocycles. The molecule has 28 heavy (non-hydrogen) atoms. The first-order chi connectivity index (χ1) is 13.2. The number of thiazole rings is 1. The Morgan fingerprint density at radius 2 is 2.18 bits per heavy atom. The molecule has 0 radical (unpaired) electrons. The number of halogens is 2. The fourth-order valence-electron chi connectivity index (χ4n) is 2.88. The molecule has 0 aliphatic carbocycles. The van der Waals surface area contributed by atoms with Crippen LogP contribution >= 0.6 is 35.3 Å². The van der Waals surface area contributed by atoms with Crippen molar-refractivity contribution in [3.8, 4) is 5.75 Å². The lowest BCUT2D eigenvalue weighted by Crippen LogP contribution is -2.38. The van der Waals surface area contributed by atoms with Crippen LogP contribution in [0, 0.1) is 12.7 Å². The number of nitrogens with zero attached hydrogens (tertiary/aromatic N) is 2. The van der Waals surface area contributed by atoms with Gasteiger partial charge in [-0.2, -0.15) is 0 Å². The number of hydrogen-bond donors (Lipinski definition) is 2. The van der Waals surface area contributed by atoms with Crippen molar-refractivity contribution >= 4 is 41.3 Å². The van der Waals surface area contributed by atoms with Gasteiger partial charge in [-0.05, 0) is 38.0 Å². The van der Waals surface area contributed by atoms with Gasteiger partial charge in [0.2, 0.25) is 0 Å². The van der Waals surface area contributed by atoms with Crippen molar-refractivity contribution < 1.29 is 13.9 Å². The molecular weight excluding hydrogens is 494 g/mol. The van der Waals surface area contributed by atoms with E-state index in [0.717, 1.165) is 40.8 Å². The molecule has 0 bridgehead atoms. The largest absolute Gasteiger partial charge is 0.467 e. The molecule has 1 aliphatic rings. The number of aromatic nitrogens is 1. The average molecular weight is 520 g/mol. The number of benzene rings is 1. The molecule has 6 nitrogen and oxygen atoms in total. The summed E-state index contributed by atoms with van der Waals surface area (Å²) in [7, 11) is 0. The number of aryl methyl sites for hydroxylation is 1. The number of guanidine groups is 1. The van der Waals surface area contributed by atoms with E-state index in [9.17, 15) is 4.39 Å². The van der Waals surface area contributed by atoms with E-state index >= 15 is 0 Å². The Hall–Kier alpha value is -1.46. The van der Waals surface area contributed by atoms with E-state index < -0.39 is 0 Å². The lowest BCUT2D eigenvalue weighted by molar-refractivity contribution is -0.0172. The van der Waals surface area contributed by atoms with Crippen LogP contribution in [-0.2, 0) is 24.2 Å². The highest BCUT2D eigenvalue weighted by Gasteiger charge is 2.16. The lowest BCUT2D eigenvalue weighted by atomic mass is 10.1. The topological polar surface area (TPSA) is 67.8 Å². The van der Waals surface area contributed by atoms with Gasteiger partial charge in [-0.3, -0.25) is 4.99 Å². The highest BCUT2D eigenvalue weighted by molar-refractivity contribution is 14.0. The molecule has 2 aromatic rings. The molecule has 3 rings (SSSR count). The van der Waals surface area contributed by atoms with E-state index in [1.165, 1.54) is 17.0 Å². The third-order valence-electron chi connectivity index (χ3n) is 4.05. The molecule has 0 unspecified atom stereocenters. The van der Waals surface area contributed by atoms with Crippen molar-refractivity contribution in [3.05, 3.63) is 45.2 Å². The molecule has 0 amide bonds. The van der Waals surface area contributed by atoms with Crippen molar-refractivity contribution in [2.45, 2.75) is 33.3 Å². The second-order valence-corrected chi connectivity index (χ2v) is 7.54. The van der Waals surface area contributed by atoms with Crippen molar-refractivity contribution in [2.24, 2.45) is 4.99 Å². The van der Waals surface area contributed by atoms with E-state index in [2.05, 4.69) is 27.5 Å². The molecule has 0 saturated carbocycles. The summed E-state index contributed by atoms with van der Waals surface area (Å²) >= 11 is 1.70. The fraction of sp³-hybridized carbons (Fsp3) is 0.474. The SMILES string of the molecule is CCNC(=NCCc1ncc(C)s1)NCCc1cc(F)cc2c1OCOC2.I. The van der Waals surface area contributed by atoms with Crippen LogP contribution in [0.4, 0.5) is 4.39 Å². The second kappa shape index (κ2) is 11.5. The molecule has 0 atom stereocenters. The van der Waals surface area contributed by atoms with Crippen molar-refractivity contribution in [2.75, 3.05) is 26.4 Å². The van der Waals surface area contributed by atoms with Crippen LogP contribution in [0.3, 0.4) is 0 Å². The summed E-state index contributed by atoms with van der Waals surface area (Å²) in [5.41, 5.74) is 1.60. The van der Waals surface area contributed by atoms with Crippen molar-refractivity contribution in [3.63, 3.8) is 0 Å². The Morgan fingerprint density at radius 3 is 2.93 bits per heavy atom. The number of nitrogens with one attached hydrogen (secondary N) is 2. The van der Waals surface area contributed by atoms with Crippen molar-refractivity contribution in [1.29, 1.82) is 0 Å². The van der Waals surface area contributed by atoms with E-state index in [1.807, 2.05) is 13.1 Å². The maximum atomic E-state index is 13.8. The highest BCUT2D eigenvalue weighted by Crippen LogP contribution is 2.29. The maximum Gasteiger partial charge on any atom is 0.191 e. The van der Waals surface area contributed by atoms with Gasteiger partial charge in [0.1, 0.15) is 11.6 Å². The zero-order valence-electron chi connectivity index (χ0n) is 16.1. The predicted molar refractivity (Wildman–Crippen MR) is 120 cm³/mol. The molecular formula is C19H26FIN4O2S. The minimum atomic E-state index is -0.267. The van der Waals surface area contributed by atoms with Crippen LogP contribution in [0.25, 0.3) is 0 Å². The van der Waals surface area contributed by atoms with Gasteiger partial charge < -0.3 is 20.1 Å². The Morgan fingerprint density at radius 1 is 1.32 bits per heavy atom. The van der Waals surface area contributed by atoms with Crippen LogP contribution in [0.5, 0.6) is 5.75 Å². The average Bonchev–Trinajstić information content (AvgIpc) is 3.06. The third kappa shape index (κ3) is 6.56. The highest BCUT2D eigenvalue weighted by atomic mass is 127. The van der Waals surface area contributed by atoms with Crippen LogP contribution in [-0.4, -0.2) is 37.4 Å². The standard InChI is InChI=1S/C19H25FN4O2S.HI/c1-3-21-19(23-7-5-17-24-10-13(2)27-17)22-6-4-14-8-16(20)9-15-11-25-12-26-18(14)15;/h8-10H,3-7,11-12H2,1-2H3,(H2,21,22,23);1H. The van der Waals surface area contributed by atoms with E-state index in [0.29, 0.717) is 26.1 Å². The smallest absolute Gasteiger partial charge is 0.191 e. The van der Waals surface area contributed by atoms with Crippen LogP contribution in [0.15, 0.2) is 23.3 Å². The second-order valence-electron chi connectivity index (χ2n) is 6.22. The fourth-order valence-corrected chi connectivity index (χ4v) is 3.66. The minimum Gasteiger partial charge on any atom is -0.467 e. The first-order valence-electron chi connectivity index (χ1n) is 9.11. The monoisotopic (exact) mass is 520 g/mol. The minimum absolute atomic E-state index is 0. The molecule has 2 heterocycles. The summed E-state index contributed by atoms with van der Waals surface area (Å²) in [6.07, 6.45) is 3.34.